The fraction of sp³-hybridized carbons (Fsp3) is 0.286. The highest BCUT2D eigenvalue weighted by Crippen LogP contribution is 2.20. The Bertz CT molecular complexity index is 578. The van der Waals surface area contributed by atoms with Crippen LogP contribution in [0.3, 0.4) is 0 Å². The standard InChI is InChI=1S/C14H16FN5/c15-12-2-1-5-17-14(12)20-8-6-19(7-9-20)13-4-3-11(16)10-18-13/h1-5,10H,6-9,16H2. The number of piperazine rings is 1. The molecule has 6 heteroatoms. The average molecular weight is 273 g/mol. The molecule has 0 unspecified atom stereocenters. The fourth-order valence-electron chi connectivity index (χ4n) is 2.34. The van der Waals surface area contributed by atoms with Crippen LogP contribution in [0.5, 0.6) is 0 Å². The Labute approximate surface area is 116 Å². The van der Waals surface area contributed by atoms with Crippen LogP contribution >= 0.6 is 0 Å². The molecule has 1 fully saturated rings. The third-order valence-corrected chi connectivity index (χ3v) is 3.41. The molecular formula is C14H16FN5. The minimum Gasteiger partial charge on any atom is -0.397 e. The van der Waals surface area contributed by atoms with Crippen LogP contribution in [0.2, 0.25) is 0 Å². The molecule has 0 aromatic carbocycles. The maximum absolute atomic E-state index is 13.7. The summed E-state index contributed by atoms with van der Waals surface area (Å²) in [4.78, 5) is 12.5. The number of halogens is 1. The van der Waals surface area contributed by atoms with Crippen molar-refractivity contribution in [2.45, 2.75) is 0 Å². The largest absolute Gasteiger partial charge is 0.397 e. The van der Waals surface area contributed by atoms with Crippen molar-refractivity contribution >= 4 is 17.3 Å². The van der Waals surface area contributed by atoms with Gasteiger partial charge in [0.1, 0.15) is 5.82 Å². The van der Waals surface area contributed by atoms with Gasteiger partial charge in [-0.25, -0.2) is 14.4 Å². The van der Waals surface area contributed by atoms with Crippen molar-refractivity contribution in [3.8, 4) is 0 Å². The Kier molecular flexibility index (Phi) is 3.37. The van der Waals surface area contributed by atoms with Crippen LogP contribution in [0.15, 0.2) is 36.7 Å². The van der Waals surface area contributed by atoms with E-state index in [2.05, 4.69) is 14.9 Å². The molecule has 0 saturated carbocycles. The van der Waals surface area contributed by atoms with E-state index < -0.39 is 0 Å². The van der Waals surface area contributed by atoms with E-state index in [-0.39, 0.29) is 5.82 Å². The number of nitrogens with zero attached hydrogens (tertiary/aromatic N) is 4. The van der Waals surface area contributed by atoms with Gasteiger partial charge in [-0.1, -0.05) is 0 Å². The monoisotopic (exact) mass is 273 g/mol. The van der Waals surface area contributed by atoms with Crippen molar-refractivity contribution in [3.05, 3.63) is 42.5 Å². The summed E-state index contributed by atoms with van der Waals surface area (Å²) in [6.45, 7) is 3.01. The van der Waals surface area contributed by atoms with Crippen molar-refractivity contribution in [1.29, 1.82) is 0 Å². The number of rotatable bonds is 2. The molecule has 3 heterocycles. The zero-order valence-corrected chi connectivity index (χ0v) is 11.0. The number of anilines is 3. The summed E-state index contributed by atoms with van der Waals surface area (Å²) in [5.74, 6) is 1.06. The first-order chi connectivity index (χ1) is 9.74. The van der Waals surface area contributed by atoms with Crippen LogP contribution in [0.4, 0.5) is 21.7 Å². The molecule has 0 bridgehead atoms. The van der Waals surface area contributed by atoms with Gasteiger partial charge in [0.2, 0.25) is 0 Å². The lowest BCUT2D eigenvalue weighted by Gasteiger charge is -2.36. The maximum atomic E-state index is 13.7. The van der Waals surface area contributed by atoms with E-state index in [0.29, 0.717) is 11.5 Å². The van der Waals surface area contributed by atoms with Gasteiger partial charge in [-0.15, -0.1) is 0 Å². The minimum atomic E-state index is -0.272. The van der Waals surface area contributed by atoms with Gasteiger partial charge in [-0.2, -0.15) is 0 Å². The molecular weight excluding hydrogens is 257 g/mol. The molecule has 104 valence electrons. The number of hydrogen-bond donors (Lipinski definition) is 1. The van der Waals surface area contributed by atoms with Gasteiger partial charge in [0.05, 0.1) is 11.9 Å². The fourth-order valence-corrected chi connectivity index (χ4v) is 2.34. The average Bonchev–Trinajstić information content (AvgIpc) is 2.49. The summed E-state index contributed by atoms with van der Waals surface area (Å²) in [5, 5.41) is 0. The van der Waals surface area contributed by atoms with Crippen LogP contribution < -0.4 is 15.5 Å². The van der Waals surface area contributed by atoms with Gasteiger partial charge < -0.3 is 15.5 Å². The normalized spacial score (nSPS) is 15.4. The van der Waals surface area contributed by atoms with E-state index in [1.54, 1.807) is 18.5 Å². The number of nitrogen functional groups attached to an aromatic ring is 1. The van der Waals surface area contributed by atoms with Crippen molar-refractivity contribution in [3.63, 3.8) is 0 Å². The quantitative estimate of drug-likeness (QED) is 0.899. The number of hydrogen-bond acceptors (Lipinski definition) is 5. The van der Waals surface area contributed by atoms with Crippen LogP contribution in [0.1, 0.15) is 0 Å². The molecule has 0 aliphatic carbocycles. The molecule has 1 aliphatic rings. The Hall–Kier alpha value is -2.37. The van der Waals surface area contributed by atoms with Gasteiger partial charge in [0.25, 0.3) is 0 Å². The predicted octanol–water partition coefficient (Wildman–Crippen LogP) is 1.52. The van der Waals surface area contributed by atoms with Gasteiger partial charge in [-0.3, -0.25) is 0 Å². The second-order valence-corrected chi connectivity index (χ2v) is 4.73. The first-order valence-electron chi connectivity index (χ1n) is 6.56. The third kappa shape index (κ3) is 2.49. The third-order valence-electron chi connectivity index (χ3n) is 3.41. The Morgan fingerprint density at radius 2 is 1.75 bits per heavy atom. The second-order valence-electron chi connectivity index (χ2n) is 4.73. The zero-order valence-electron chi connectivity index (χ0n) is 11.0. The molecule has 3 rings (SSSR count). The lowest BCUT2D eigenvalue weighted by molar-refractivity contribution is 0.587. The maximum Gasteiger partial charge on any atom is 0.165 e. The van der Waals surface area contributed by atoms with E-state index in [1.807, 2.05) is 17.0 Å². The highest BCUT2D eigenvalue weighted by molar-refractivity contribution is 5.48. The number of pyridine rings is 2. The summed E-state index contributed by atoms with van der Waals surface area (Å²) in [7, 11) is 0. The van der Waals surface area contributed by atoms with E-state index in [9.17, 15) is 4.39 Å². The van der Waals surface area contributed by atoms with E-state index in [0.717, 1.165) is 32.0 Å². The summed E-state index contributed by atoms with van der Waals surface area (Å²) in [6, 6.07) is 6.79. The Morgan fingerprint density at radius 1 is 1.00 bits per heavy atom. The molecule has 2 N–H and O–H groups in total. The van der Waals surface area contributed by atoms with Crippen LogP contribution in [0.25, 0.3) is 0 Å². The van der Waals surface area contributed by atoms with E-state index >= 15 is 0 Å². The first-order valence-corrected chi connectivity index (χ1v) is 6.56. The van der Waals surface area contributed by atoms with Gasteiger partial charge >= 0.3 is 0 Å². The van der Waals surface area contributed by atoms with Crippen molar-refractivity contribution in [2.75, 3.05) is 41.7 Å². The molecule has 5 nitrogen and oxygen atoms in total. The number of aromatic nitrogens is 2. The van der Waals surface area contributed by atoms with Crippen molar-refractivity contribution in [2.24, 2.45) is 0 Å². The van der Waals surface area contributed by atoms with Gasteiger partial charge in [0.15, 0.2) is 11.6 Å². The summed E-state index contributed by atoms with van der Waals surface area (Å²) in [6.07, 6.45) is 3.27. The molecule has 20 heavy (non-hydrogen) atoms. The van der Waals surface area contributed by atoms with E-state index in [4.69, 9.17) is 5.73 Å². The first kappa shape index (κ1) is 12.7. The lowest BCUT2D eigenvalue weighted by atomic mass is 10.3. The SMILES string of the molecule is Nc1ccc(N2CCN(c3ncccc3F)CC2)nc1. The molecule has 1 saturated heterocycles. The molecule has 0 atom stereocenters. The lowest BCUT2D eigenvalue weighted by Crippen LogP contribution is -2.47. The molecule has 0 radical (unpaired) electrons. The predicted molar refractivity (Wildman–Crippen MR) is 77.3 cm³/mol. The zero-order chi connectivity index (χ0) is 13.9. The van der Waals surface area contributed by atoms with Crippen LogP contribution in [-0.4, -0.2) is 36.1 Å². The second kappa shape index (κ2) is 5.32. The topological polar surface area (TPSA) is 58.3 Å². The Balaban J connectivity index is 1.68. The smallest absolute Gasteiger partial charge is 0.165 e. The molecule has 2 aromatic heterocycles. The number of nitrogens with two attached hydrogens (primary N) is 1. The molecule has 2 aromatic rings. The van der Waals surface area contributed by atoms with Gasteiger partial charge in [0, 0.05) is 32.4 Å². The van der Waals surface area contributed by atoms with Gasteiger partial charge in [-0.05, 0) is 24.3 Å². The molecule has 0 spiro atoms. The summed E-state index contributed by atoms with van der Waals surface area (Å²) >= 11 is 0. The van der Waals surface area contributed by atoms with E-state index in [1.165, 1.54) is 6.07 Å². The van der Waals surface area contributed by atoms with Crippen LogP contribution in [0, 0.1) is 5.82 Å². The van der Waals surface area contributed by atoms with Crippen molar-refractivity contribution < 1.29 is 4.39 Å². The van der Waals surface area contributed by atoms with Crippen molar-refractivity contribution in [1.82, 2.24) is 9.97 Å². The highest BCUT2D eigenvalue weighted by atomic mass is 19.1. The molecule has 1 aliphatic heterocycles. The molecule has 0 amide bonds. The highest BCUT2D eigenvalue weighted by Gasteiger charge is 2.20. The minimum absolute atomic E-state index is 0.272. The summed E-state index contributed by atoms with van der Waals surface area (Å²) in [5.41, 5.74) is 6.29. The van der Waals surface area contributed by atoms with Crippen LogP contribution in [-0.2, 0) is 0 Å². The summed E-state index contributed by atoms with van der Waals surface area (Å²) < 4.78 is 13.7. The Morgan fingerprint density at radius 3 is 2.40 bits per heavy atom.